The second-order valence-electron chi connectivity index (χ2n) is 21.6. The molecule has 4 fully saturated rings. The van der Waals surface area contributed by atoms with E-state index in [1.165, 1.54) is 48.5 Å². The summed E-state index contributed by atoms with van der Waals surface area (Å²) >= 11 is 0. The first kappa shape index (κ1) is 64.0. The molecule has 7 aromatic carbocycles. The molecule has 22 heteroatoms. The van der Waals surface area contributed by atoms with Gasteiger partial charge in [-0.05, 0) is 71.8 Å². The largest absolute Gasteiger partial charge is 0.459 e. The predicted molar refractivity (Wildman–Crippen MR) is 316 cm³/mol. The zero-order valence-electron chi connectivity index (χ0n) is 48.8. The van der Waals surface area contributed by atoms with Gasteiger partial charge in [-0.3, -0.25) is 0 Å². The molecule has 11 rings (SSSR count). The summed E-state index contributed by atoms with van der Waals surface area (Å²) < 4.78 is 86.4. The summed E-state index contributed by atoms with van der Waals surface area (Å²) in [6.45, 7) is -1.75. The van der Waals surface area contributed by atoms with Crippen LogP contribution in [-0.2, 0) is 79.5 Å². The molecule has 4 saturated heterocycles. The summed E-state index contributed by atoms with van der Waals surface area (Å²) in [6, 6.07) is 58.6. The number of hydrogen-bond acceptors (Lipinski definition) is 22. The molecule has 474 valence electrons. The van der Waals surface area contributed by atoms with Gasteiger partial charge < -0.3 is 81.6 Å². The van der Waals surface area contributed by atoms with E-state index >= 15 is 0 Å². The highest BCUT2D eigenvalue weighted by Gasteiger charge is 2.56. The number of rotatable bonds is 26. The minimum atomic E-state index is -1.66. The number of hydrogen-bond donors (Lipinski definition) is 3. The Labute approximate surface area is 522 Å². The first-order valence-corrected chi connectivity index (χ1v) is 29.5. The van der Waals surface area contributed by atoms with E-state index in [-0.39, 0.29) is 47.6 Å². The number of ether oxygens (including phenoxy) is 14. The Bertz CT molecular complexity index is 3450. The van der Waals surface area contributed by atoms with E-state index in [1.54, 1.807) is 103 Å². The number of esters is 5. The van der Waals surface area contributed by atoms with E-state index in [2.05, 4.69) is 0 Å². The van der Waals surface area contributed by atoms with E-state index in [0.29, 0.717) is 0 Å². The molecular formula is C69H66O22. The monoisotopic (exact) mass is 1250 g/mol. The minimum absolute atomic E-state index is 0.102. The van der Waals surface area contributed by atoms with Crippen LogP contribution >= 0.6 is 0 Å². The van der Waals surface area contributed by atoms with E-state index in [0.717, 1.165) is 11.1 Å². The van der Waals surface area contributed by atoms with Crippen molar-refractivity contribution in [1.82, 2.24) is 0 Å². The highest BCUT2D eigenvalue weighted by atomic mass is 16.8. The van der Waals surface area contributed by atoms with Crippen LogP contribution in [0.15, 0.2) is 212 Å². The van der Waals surface area contributed by atoms with Gasteiger partial charge in [0.15, 0.2) is 49.6 Å². The van der Waals surface area contributed by atoms with Crippen LogP contribution in [0.3, 0.4) is 0 Å². The maximum atomic E-state index is 14.1. The van der Waals surface area contributed by atoms with Crippen LogP contribution in [-0.4, -0.2) is 170 Å². The Hall–Kier alpha value is -8.59. The fraction of sp³-hybridized carbons (Fsp3) is 0.319. The molecule has 0 aliphatic carbocycles. The average Bonchev–Trinajstić information content (AvgIpc) is 2.14. The molecule has 3 N–H and O–H groups in total. The zero-order valence-corrected chi connectivity index (χ0v) is 48.8. The molecule has 4 aliphatic heterocycles. The summed E-state index contributed by atoms with van der Waals surface area (Å²) in [7, 11) is 0. The van der Waals surface area contributed by atoms with Crippen molar-refractivity contribution < 1.29 is 106 Å². The van der Waals surface area contributed by atoms with Gasteiger partial charge in [0, 0.05) is 0 Å². The predicted octanol–water partition coefficient (Wildman–Crippen LogP) is 6.58. The van der Waals surface area contributed by atoms with E-state index in [9.17, 15) is 39.3 Å². The molecule has 16 atom stereocenters. The molecule has 0 amide bonds. The molecule has 91 heavy (non-hydrogen) atoms. The fourth-order valence-electron chi connectivity index (χ4n) is 10.6. The van der Waals surface area contributed by atoms with E-state index < -0.39 is 148 Å². The topological polar surface area (TPSA) is 275 Å². The van der Waals surface area contributed by atoms with Crippen molar-refractivity contribution in [1.29, 1.82) is 0 Å². The number of aliphatic hydroxyl groups excluding tert-OH is 3. The van der Waals surface area contributed by atoms with E-state index in [1.807, 2.05) is 60.7 Å². The molecule has 0 spiro atoms. The quantitative estimate of drug-likeness (QED) is 0.0381. The van der Waals surface area contributed by atoms with Gasteiger partial charge in [0.25, 0.3) is 0 Å². The van der Waals surface area contributed by atoms with Crippen molar-refractivity contribution in [3.8, 4) is 0 Å². The SMILES string of the molecule is O=C(OC[C@@H]1O[C@@H](OC[C@@H]2O[C@@H](OC[C@@H]3O[C@@H](OC[C@@H]4O[C@@H](O)[C@H](OCc5ccccc5)[C@H]4OCc4ccccc4)[C@H](O)[C@H]3O)[C@H](OC(=O)c3ccccc3)[C@H]2OC(=O)c2ccccc2)[C@H](OC(=O)c2ccccc2)[C@H]1OC(=O)c1ccccc1)c1ccccc1. The molecule has 4 aliphatic rings. The van der Waals surface area contributed by atoms with Crippen molar-refractivity contribution >= 4 is 29.8 Å². The molecule has 0 radical (unpaired) electrons. The van der Waals surface area contributed by atoms with Gasteiger partial charge in [-0.2, -0.15) is 0 Å². The second kappa shape index (κ2) is 31.0. The second-order valence-corrected chi connectivity index (χ2v) is 21.6. The minimum Gasteiger partial charge on any atom is -0.459 e. The first-order valence-electron chi connectivity index (χ1n) is 29.5. The van der Waals surface area contributed by atoms with Crippen molar-refractivity contribution in [3.05, 3.63) is 251 Å². The summed E-state index contributed by atoms with van der Waals surface area (Å²) in [5.41, 5.74) is 2.36. The lowest BCUT2D eigenvalue weighted by molar-refractivity contribution is -0.223. The average molecular weight is 1250 g/mol. The Morgan fingerprint density at radius 3 is 1.01 bits per heavy atom. The molecule has 0 unspecified atom stereocenters. The molecule has 0 saturated carbocycles. The summed E-state index contributed by atoms with van der Waals surface area (Å²) in [6.07, 6.45) is -22.7. The third-order valence-electron chi connectivity index (χ3n) is 15.4. The number of carbonyl (C=O) groups is 5. The lowest BCUT2D eigenvalue weighted by Crippen LogP contribution is -2.45. The third-order valence-corrected chi connectivity index (χ3v) is 15.4. The smallest absolute Gasteiger partial charge is 0.338 e. The molecule has 22 nitrogen and oxygen atoms in total. The summed E-state index contributed by atoms with van der Waals surface area (Å²) in [5, 5.41) is 34.1. The third kappa shape index (κ3) is 16.3. The van der Waals surface area contributed by atoms with Gasteiger partial charge in [-0.1, -0.05) is 152 Å². The molecule has 0 aromatic heterocycles. The van der Waals surface area contributed by atoms with Crippen LogP contribution in [0.4, 0.5) is 0 Å². The molecule has 4 heterocycles. The molecule has 0 bridgehead atoms. The lowest BCUT2D eigenvalue weighted by atomic mass is 10.1. The zero-order chi connectivity index (χ0) is 63.1. The van der Waals surface area contributed by atoms with Crippen LogP contribution in [0, 0.1) is 0 Å². The Balaban J connectivity index is 0.836. The number of aliphatic hydroxyl groups is 3. The Kier molecular flexibility index (Phi) is 21.8. The number of benzene rings is 7. The van der Waals surface area contributed by atoms with E-state index in [4.69, 9.17) is 66.3 Å². The van der Waals surface area contributed by atoms with Crippen molar-refractivity contribution in [3.63, 3.8) is 0 Å². The summed E-state index contributed by atoms with van der Waals surface area (Å²) in [4.78, 5) is 69.5. The van der Waals surface area contributed by atoms with Crippen molar-refractivity contribution in [2.75, 3.05) is 26.4 Å². The Morgan fingerprint density at radius 2 is 0.604 bits per heavy atom. The van der Waals surface area contributed by atoms with Gasteiger partial charge >= 0.3 is 29.8 Å². The molecule has 7 aromatic rings. The Morgan fingerprint density at radius 1 is 0.297 bits per heavy atom. The number of carbonyl (C=O) groups excluding carboxylic acids is 5. The van der Waals surface area contributed by atoms with Gasteiger partial charge in [0.2, 0.25) is 0 Å². The fourth-order valence-corrected chi connectivity index (χ4v) is 10.6. The standard InChI is InChI=1S/C69H66O22/c70-53-49(85-67(54(53)71)81-40-50-55(78-36-42-22-8-1-9-23-42)58(66(77)84-50)79-37-43-24-10-2-11-25-43)38-82-68-60(91-65(76)48-34-20-7-21-35-48)57(89-63(74)46-30-16-5-17-31-46)52(87-68)41-83-69-59(90-64(75)47-32-18-6-19-33-47)56(88-62(73)45-28-14-4-15-29-45)51(86-69)39-80-61(72)44-26-12-3-13-27-44/h1-35,49-60,66-71,77H,36-41H2/t49-,50-,51-,52-,53-,54+,55-,56-,57-,58+,59+,60+,66+,67+,68+,69+/m0/s1. The normalized spacial score (nSPS) is 27.6. The van der Waals surface area contributed by atoms with Crippen molar-refractivity contribution in [2.24, 2.45) is 0 Å². The maximum Gasteiger partial charge on any atom is 0.338 e. The molecular weight excluding hydrogens is 1180 g/mol. The lowest BCUT2D eigenvalue weighted by Gasteiger charge is -2.26. The van der Waals surface area contributed by atoms with Crippen LogP contribution in [0.2, 0.25) is 0 Å². The van der Waals surface area contributed by atoms with Crippen LogP contribution in [0.1, 0.15) is 62.9 Å². The highest BCUT2D eigenvalue weighted by molar-refractivity contribution is 5.92. The highest BCUT2D eigenvalue weighted by Crippen LogP contribution is 2.36. The van der Waals surface area contributed by atoms with Crippen molar-refractivity contribution in [2.45, 2.75) is 112 Å². The summed E-state index contributed by atoms with van der Waals surface area (Å²) in [5.74, 6) is -4.21. The van der Waals surface area contributed by atoms with Gasteiger partial charge in [0.1, 0.15) is 55.4 Å². The van der Waals surface area contributed by atoms with Crippen LogP contribution in [0.5, 0.6) is 0 Å². The van der Waals surface area contributed by atoms with Gasteiger partial charge in [-0.25, -0.2) is 24.0 Å². The van der Waals surface area contributed by atoms with Gasteiger partial charge in [0.05, 0.1) is 60.9 Å². The van der Waals surface area contributed by atoms with Crippen LogP contribution < -0.4 is 0 Å². The van der Waals surface area contributed by atoms with Gasteiger partial charge in [-0.15, -0.1) is 0 Å². The maximum absolute atomic E-state index is 14.1. The van der Waals surface area contributed by atoms with Crippen LogP contribution in [0.25, 0.3) is 0 Å². The first-order chi connectivity index (χ1) is 44.4.